The lowest BCUT2D eigenvalue weighted by atomic mass is 10.2. The van der Waals surface area contributed by atoms with Crippen LogP contribution in [0, 0.1) is 5.92 Å². The van der Waals surface area contributed by atoms with Gasteiger partial charge in [-0.2, -0.15) is 0 Å². The van der Waals surface area contributed by atoms with Gasteiger partial charge in [0.1, 0.15) is 5.75 Å². The highest BCUT2D eigenvalue weighted by atomic mass is 35.5. The van der Waals surface area contributed by atoms with E-state index in [0.29, 0.717) is 21.5 Å². The maximum atomic E-state index is 12.0. The third-order valence-corrected chi connectivity index (χ3v) is 4.50. The van der Waals surface area contributed by atoms with Crippen LogP contribution in [-0.4, -0.2) is 18.4 Å². The number of hydrogen-bond donors (Lipinski definition) is 2. The van der Waals surface area contributed by atoms with E-state index in [1.807, 2.05) is 0 Å². The third-order valence-electron chi connectivity index (χ3n) is 3.91. The summed E-state index contributed by atoms with van der Waals surface area (Å²) in [6.45, 7) is 0.154. The number of carbonyl (C=O) groups excluding carboxylic acids is 2. The first-order chi connectivity index (χ1) is 12.5. The monoisotopic (exact) mass is 392 g/mol. The number of rotatable bonds is 7. The normalized spacial score (nSPS) is 13.2. The molecule has 2 N–H and O–H groups in total. The van der Waals surface area contributed by atoms with Crippen molar-refractivity contribution in [1.82, 2.24) is 5.32 Å². The summed E-state index contributed by atoms with van der Waals surface area (Å²) in [5.74, 6) is 0.395. The van der Waals surface area contributed by atoms with E-state index in [2.05, 4.69) is 10.6 Å². The molecule has 0 bridgehead atoms. The first-order valence-electron chi connectivity index (χ1n) is 8.25. The Morgan fingerprint density at radius 2 is 1.92 bits per heavy atom. The van der Waals surface area contributed by atoms with Gasteiger partial charge in [-0.15, -0.1) is 0 Å². The van der Waals surface area contributed by atoms with E-state index in [-0.39, 0.29) is 30.9 Å². The van der Waals surface area contributed by atoms with Gasteiger partial charge < -0.3 is 15.4 Å². The number of anilines is 1. The van der Waals surface area contributed by atoms with Crippen LogP contribution in [0.2, 0.25) is 10.0 Å². The molecule has 0 aromatic heterocycles. The number of hydrogen-bond acceptors (Lipinski definition) is 3. The van der Waals surface area contributed by atoms with E-state index < -0.39 is 0 Å². The summed E-state index contributed by atoms with van der Waals surface area (Å²) in [4.78, 5) is 23.7. The lowest BCUT2D eigenvalue weighted by Gasteiger charge is -2.10. The molecule has 0 spiro atoms. The largest absolute Gasteiger partial charge is 0.484 e. The highest BCUT2D eigenvalue weighted by Gasteiger charge is 2.29. The fraction of sp³-hybridized carbons (Fsp3) is 0.263. The molecule has 0 aliphatic heterocycles. The molecule has 7 heteroatoms. The summed E-state index contributed by atoms with van der Waals surface area (Å²) in [5, 5.41) is 6.62. The highest BCUT2D eigenvalue weighted by Crippen LogP contribution is 2.30. The van der Waals surface area contributed by atoms with Crippen LogP contribution in [0.4, 0.5) is 5.69 Å². The van der Waals surface area contributed by atoms with Crippen LogP contribution in [0.5, 0.6) is 5.75 Å². The predicted octanol–water partition coefficient (Wildman–Crippen LogP) is 4.04. The molecule has 1 saturated carbocycles. The van der Waals surface area contributed by atoms with E-state index in [4.69, 9.17) is 27.9 Å². The van der Waals surface area contributed by atoms with Gasteiger partial charge in [-0.1, -0.05) is 35.3 Å². The molecule has 1 fully saturated rings. The van der Waals surface area contributed by atoms with Crippen LogP contribution in [0.25, 0.3) is 0 Å². The smallest absolute Gasteiger partial charge is 0.258 e. The van der Waals surface area contributed by atoms with E-state index >= 15 is 0 Å². The molecule has 26 heavy (non-hydrogen) atoms. The quantitative estimate of drug-likeness (QED) is 0.746. The zero-order valence-corrected chi connectivity index (χ0v) is 15.4. The van der Waals surface area contributed by atoms with Gasteiger partial charge in [0.2, 0.25) is 5.91 Å². The van der Waals surface area contributed by atoms with Gasteiger partial charge in [0.15, 0.2) is 6.61 Å². The van der Waals surface area contributed by atoms with Crippen molar-refractivity contribution in [2.75, 3.05) is 11.9 Å². The van der Waals surface area contributed by atoms with Crippen molar-refractivity contribution in [3.8, 4) is 5.75 Å². The summed E-state index contributed by atoms with van der Waals surface area (Å²) >= 11 is 11.9. The minimum atomic E-state index is -0.275. The van der Waals surface area contributed by atoms with E-state index in [1.165, 1.54) is 0 Å². The lowest BCUT2D eigenvalue weighted by Crippen LogP contribution is -2.28. The molecule has 0 radical (unpaired) electrons. The van der Waals surface area contributed by atoms with Gasteiger partial charge in [0.05, 0.1) is 0 Å². The predicted molar refractivity (Wildman–Crippen MR) is 102 cm³/mol. The Morgan fingerprint density at radius 3 is 2.65 bits per heavy atom. The van der Waals surface area contributed by atoms with Crippen molar-refractivity contribution in [1.29, 1.82) is 0 Å². The van der Waals surface area contributed by atoms with Gasteiger partial charge in [-0.3, -0.25) is 9.59 Å². The Bertz CT molecular complexity index is 822. The average Bonchev–Trinajstić information content (AvgIpc) is 3.45. The summed E-state index contributed by atoms with van der Waals surface area (Å²) < 4.78 is 5.49. The topological polar surface area (TPSA) is 67.4 Å². The van der Waals surface area contributed by atoms with Gasteiger partial charge in [-0.25, -0.2) is 0 Å². The van der Waals surface area contributed by atoms with Crippen LogP contribution in [0.1, 0.15) is 18.4 Å². The number of ether oxygens (including phenoxy) is 1. The van der Waals surface area contributed by atoms with Crippen molar-refractivity contribution in [3.63, 3.8) is 0 Å². The SMILES string of the molecule is O=C(COc1cccc(NC(=O)C2CC2)c1)NCc1ccc(Cl)cc1Cl. The number of nitrogens with one attached hydrogen (secondary N) is 2. The number of carbonyl (C=O) groups is 2. The molecule has 2 aromatic rings. The second kappa shape index (κ2) is 8.43. The number of amides is 2. The van der Waals surface area contributed by atoms with Crippen molar-refractivity contribution >= 4 is 40.7 Å². The summed E-state index contributed by atoms with van der Waals surface area (Å²) in [5.41, 5.74) is 1.43. The van der Waals surface area contributed by atoms with Crippen molar-refractivity contribution in [2.45, 2.75) is 19.4 Å². The second-order valence-corrected chi connectivity index (χ2v) is 6.94. The molecule has 136 valence electrons. The fourth-order valence-corrected chi connectivity index (χ4v) is 2.79. The first kappa shape index (κ1) is 18.5. The van der Waals surface area contributed by atoms with Crippen LogP contribution in [0.15, 0.2) is 42.5 Å². The standard InChI is InChI=1S/C19H18Cl2N2O3/c20-14-7-6-13(17(21)8-14)10-22-18(24)11-26-16-3-1-2-15(9-16)23-19(25)12-4-5-12/h1-3,6-9,12H,4-5,10-11H2,(H,22,24)(H,23,25). The molecule has 0 saturated heterocycles. The summed E-state index contributed by atoms with van der Waals surface area (Å²) in [6.07, 6.45) is 1.89. The Labute approximate surface area is 161 Å². The van der Waals surface area contributed by atoms with Gasteiger partial charge in [-0.05, 0) is 42.7 Å². The maximum absolute atomic E-state index is 12.0. The van der Waals surface area contributed by atoms with E-state index in [0.717, 1.165) is 18.4 Å². The van der Waals surface area contributed by atoms with Gasteiger partial charge >= 0.3 is 0 Å². The molecule has 1 aliphatic rings. The molecule has 0 unspecified atom stereocenters. The molecule has 2 aromatic carbocycles. The average molecular weight is 393 g/mol. The first-order valence-corrected chi connectivity index (χ1v) is 9.01. The summed E-state index contributed by atoms with van der Waals surface area (Å²) in [6, 6.07) is 12.1. The Kier molecular flexibility index (Phi) is 6.01. The van der Waals surface area contributed by atoms with Crippen LogP contribution >= 0.6 is 23.2 Å². The minimum Gasteiger partial charge on any atom is -0.484 e. The van der Waals surface area contributed by atoms with Gasteiger partial charge in [0.25, 0.3) is 5.91 Å². The molecule has 5 nitrogen and oxygen atoms in total. The van der Waals surface area contributed by atoms with E-state index in [1.54, 1.807) is 42.5 Å². The van der Waals surface area contributed by atoms with Crippen LogP contribution < -0.4 is 15.4 Å². The summed E-state index contributed by atoms with van der Waals surface area (Å²) in [7, 11) is 0. The van der Waals surface area contributed by atoms with Crippen LogP contribution in [0.3, 0.4) is 0 Å². The Hall–Kier alpha value is -2.24. The second-order valence-electron chi connectivity index (χ2n) is 6.09. The van der Waals surface area contributed by atoms with Crippen molar-refractivity contribution in [3.05, 3.63) is 58.1 Å². The van der Waals surface area contributed by atoms with Crippen LogP contribution in [-0.2, 0) is 16.1 Å². The number of halogens is 2. The lowest BCUT2D eigenvalue weighted by molar-refractivity contribution is -0.123. The molecule has 0 atom stereocenters. The minimum absolute atomic E-state index is 0.0275. The van der Waals surface area contributed by atoms with Gasteiger partial charge in [0, 0.05) is 34.3 Å². The van der Waals surface area contributed by atoms with E-state index in [9.17, 15) is 9.59 Å². The maximum Gasteiger partial charge on any atom is 0.258 e. The van der Waals surface area contributed by atoms with Crippen molar-refractivity contribution in [2.24, 2.45) is 5.92 Å². The molecule has 0 heterocycles. The zero-order chi connectivity index (χ0) is 18.5. The molecular weight excluding hydrogens is 375 g/mol. The molecule has 2 amide bonds. The fourth-order valence-electron chi connectivity index (χ4n) is 2.31. The molecular formula is C19H18Cl2N2O3. The third kappa shape index (κ3) is 5.38. The highest BCUT2D eigenvalue weighted by molar-refractivity contribution is 6.35. The molecule has 1 aliphatic carbocycles. The Balaban J connectivity index is 1.47. The molecule has 3 rings (SSSR count). The Morgan fingerprint density at radius 1 is 1.12 bits per heavy atom. The zero-order valence-electron chi connectivity index (χ0n) is 13.9. The van der Waals surface area contributed by atoms with Crippen molar-refractivity contribution < 1.29 is 14.3 Å². The number of benzene rings is 2.